The first-order chi connectivity index (χ1) is 18.6. The summed E-state index contributed by atoms with van der Waals surface area (Å²) in [4.78, 5) is 15.4. The molecule has 3 heterocycles. The third kappa shape index (κ3) is 6.63. The Morgan fingerprint density at radius 3 is 2.58 bits per heavy atom. The number of piperidine rings is 1. The van der Waals surface area contributed by atoms with E-state index in [9.17, 15) is 9.65 Å². The minimum atomic E-state index is -0.781. The maximum atomic E-state index is 13.3. The Morgan fingerprint density at radius 1 is 1.11 bits per heavy atom. The Labute approximate surface area is 222 Å². The smallest absolute Gasteiger partial charge is 0.230 e. The van der Waals surface area contributed by atoms with E-state index in [2.05, 4.69) is 43.4 Å². The number of likely N-dealkylation sites (tertiary alicyclic amines) is 1. The third-order valence-corrected chi connectivity index (χ3v) is 7.13. The van der Waals surface area contributed by atoms with E-state index in [0.29, 0.717) is 48.8 Å². The van der Waals surface area contributed by atoms with Crippen molar-refractivity contribution in [3.05, 3.63) is 59.9 Å². The number of aromatic nitrogens is 3. The highest BCUT2D eigenvalue weighted by Gasteiger charge is 2.22. The fourth-order valence-corrected chi connectivity index (χ4v) is 5.10. The Bertz CT molecular complexity index is 1250. The molecule has 2 aromatic carbocycles. The number of halogens is 1. The van der Waals surface area contributed by atoms with Crippen LogP contribution in [0.25, 0.3) is 11.4 Å². The van der Waals surface area contributed by atoms with Crippen LogP contribution in [0.4, 0.5) is 16.0 Å². The number of nitrogens with zero attached hydrogens (tertiary/aromatic N) is 5. The molecule has 1 unspecified atom stereocenters. The van der Waals surface area contributed by atoms with Crippen molar-refractivity contribution in [1.29, 1.82) is 5.26 Å². The second-order valence-electron chi connectivity index (χ2n) is 9.99. The summed E-state index contributed by atoms with van der Waals surface area (Å²) in [6.07, 6.45) is 4.45. The number of hydrogen-bond acceptors (Lipinski definition) is 8. The second-order valence-corrected chi connectivity index (χ2v) is 9.99. The lowest BCUT2D eigenvalue weighted by Crippen LogP contribution is -2.36. The van der Waals surface area contributed by atoms with Crippen LogP contribution in [0.3, 0.4) is 0 Å². The van der Waals surface area contributed by atoms with Gasteiger partial charge >= 0.3 is 0 Å². The Hall–Kier alpha value is -3.61. The molecule has 198 valence electrons. The van der Waals surface area contributed by atoms with E-state index in [1.807, 2.05) is 24.3 Å². The predicted octanol–water partition coefficient (Wildman–Crippen LogP) is 5.25. The number of alkyl halides is 1. The molecule has 0 aliphatic carbocycles. The Balaban J connectivity index is 1.22. The molecule has 9 heteroatoms. The standard InChI is InChI=1S/C29H33FN6O2/c1-20(30)18-36-12-8-22(9-13-36)21-2-5-25(6-3-21)34-29-33-19-32-28(35-29)23-4-7-27(24(16-23)17-31)38-26-10-14-37-15-11-26/h2-7,16,19-20,22,26H,8-15,18H2,1H3,(H,32,33,34,35). The average molecular weight is 517 g/mol. The monoisotopic (exact) mass is 516 g/mol. The first-order valence-corrected chi connectivity index (χ1v) is 13.3. The second kappa shape index (κ2) is 12.3. The molecule has 2 aliphatic heterocycles. The van der Waals surface area contributed by atoms with Crippen LogP contribution >= 0.6 is 0 Å². The number of ether oxygens (including phenoxy) is 2. The van der Waals surface area contributed by atoms with Crippen LogP contribution in [0.2, 0.25) is 0 Å². The minimum absolute atomic E-state index is 0.0547. The van der Waals surface area contributed by atoms with Gasteiger partial charge in [-0.05, 0) is 74.7 Å². The first-order valence-electron chi connectivity index (χ1n) is 13.3. The average Bonchev–Trinajstić information content (AvgIpc) is 2.94. The van der Waals surface area contributed by atoms with Gasteiger partial charge in [0, 0.05) is 30.6 Å². The predicted molar refractivity (Wildman–Crippen MR) is 143 cm³/mol. The van der Waals surface area contributed by atoms with Crippen molar-refractivity contribution >= 4 is 11.6 Å². The van der Waals surface area contributed by atoms with Gasteiger partial charge in [0.2, 0.25) is 5.95 Å². The van der Waals surface area contributed by atoms with Crippen molar-refractivity contribution in [2.45, 2.75) is 50.8 Å². The zero-order valence-electron chi connectivity index (χ0n) is 21.6. The molecule has 1 atom stereocenters. The number of anilines is 2. The number of rotatable bonds is 8. The van der Waals surface area contributed by atoms with Gasteiger partial charge in [-0.25, -0.2) is 14.4 Å². The molecular weight excluding hydrogens is 483 g/mol. The summed E-state index contributed by atoms with van der Waals surface area (Å²) >= 11 is 0. The summed E-state index contributed by atoms with van der Waals surface area (Å²) in [7, 11) is 0. The van der Waals surface area contributed by atoms with Crippen molar-refractivity contribution in [3.8, 4) is 23.2 Å². The minimum Gasteiger partial charge on any atom is -0.489 e. The largest absolute Gasteiger partial charge is 0.489 e. The van der Waals surface area contributed by atoms with Gasteiger partial charge in [0.15, 0.2) is 5.82 Å². The van der Waals surface area contributed by atoms with Gasteiger partial charge in [0.25, 0.3) is 0 Å². The van der Waals surface area contributed by atoms with Gasteiger partial charge in [-0.1, -0.05) is 12.1 Å². The van der Waals surface area contributed by atoms with E-state index in [4.69, 9.17) is 9.47 Å². The van der Waals surface area contributed by atoms with Gasteiger partial charge in [-0.3, -0.25) is 0 Å². The van der Waals surface area contributed by atoms with Crippen LogP contribution < -0.4 is 10.1 Å². The van der Waals surface area contributed by atoms with Gasteiger partial charge in [0.05, 0.1) is 18.8 Å². The van der Waals surface area contributed by atoms with Crippen LogP contribution in [0.5, 0.6) is 5.75 Å². The van der Waals surface area contributed by atoms with Gasteiger partial charge in [-0.2, -0.15) is 10.2 Å². The summed E-state index contributed by atoms with van der Waals surface area (Å²) in [5, 5.41) is 12.9. The maximum Gasteiger partial charge on any atom is 0.230 e. The zero-order valence-corrected chi connectivity index (χ0v) is 21.6. The highest BCUT2D eigenvalue weighted by Crippen LogP contribution is 2.30. The van der Waals surface area contributed by atoms with Crippen molar-refractivity contribution in [3.63, 3.8) is 0 Å². The summed E-state index contributed by atoms with van der Waals surface area (Å²) < 4.78 is 24.7. The van der Waals surface area contributed by atoms with E-state index >= 15 is 0 Å². The number of nitrogens with one attached hydrogen (secondary N) is 1. The van der Waals surface area contributed by atoms with Gasteiger partial charge in [0.1, 0.15) is 30.4 Å². The molecule has 8 nitrogen and oxygen atoms in total. The van der Waals surface area contributed by atoms with Crippen LogP contribution in [0.15, 0.2) is 48.8 Å². The van der Waals surface area contributed by atoms with Crippen LogP contribution in [0, 0.1) is 11.3 Å². The molecule has 2 fully saturated rings. The lowest BCUT2D eigenvalue weighted by atomic mass is 9.89. The van der Waals surface area contributed by atoms with E-state index in [1.54, 1.807) is 13.0 Å². The molecular formula is C29H33FN6O2. The highest BCUT2D eigenvalue weighted by atomic mass is 19.1. The van der Waals surface area contributed by atoms with Gasteiger partial charge in [-0.15, -0.1) is 0 Å². The molecule has 5 rings (SSSR count). The van der Waals surface area contributed by atoms with Crippen molar-refractivity contribution < 1.29 is 13.9 Å². The van der Waals surface area contributed by atoms with E-state index in [-0.39, 0.29) is 6.10 Å². The quantitative estimate of drug-likeness (QED) is 0.434. The lowest BCUT2D eigenvalue weighted by Gasteiger charge is -2.32. The fraction of sp³-hybridized carbons (Fsp3) is 0.448. The van der Waals surface area contributed by atoms with Crippen LogP contribution in [-0.4, -0.2) is 65.0 Å². The molecule has 38 heavy (non-hydrogen) atoms. The van der Waals surface area contributed by atoms with Crippen LogP contribution in [-0.2, 0) is 4.74 Å². The first kappa shape index (κ1) is 26.0. The molecule has 0 radical (unpaired) electrons. The SMILES string of the molecule is CC(F)CN1CCC(c2ccc(Nc3ncnc(-c4ccc(OC5CCOCC5)c(C#N)c4)n3)cc2)CC1. The van der Waals surface area contributed by atoms with E-state index < -0.39 is 6.17 Å². The lowest BCUT2D eigenvalue weighted by molar-refractivity contribution is 0.0254. The van der Waals surface area contributed by atoms with E-state index in [1.165, 1.54) is 11.9 Å². The normalized spacial score (nSPS) is 18.0. The molecule has 2 saturated heterocycles. The molecule has 0 bridgehead atoms. The Kier molecular flexibility index (Phi) is 8.41. The van der Waals surface area contributed by atoms with Crippen molar-refractivity contribution in [2.24, 2.45) is 0 Å². The summed E-state index contributed by atoms with van der Waals surface area (Å²) in [6, 6.07) is 16.0. The zero-order chi connectivity index (χ0) is 26.3. The highest BCUT2D eigenvalue weighted by molar-refractivity contribution is 5.63. The fourth-order valence-electron chi connectivity index (χ4n) is 5.10. The molecule has 0 saturated carbocycles. The van der Waals surface area contributed by atoms with E-state index in [0.717, 1.165) is 50.0 Å². The molecule has 0 amide bonds. The van der Waals surface area contributed by atoms with Crippen molar-refractivity contribution in [1.82, 2.24) is 19.9 Å². The molecule has 1 aromatic heterocycles. The molecule has 3 aromatic rings. The molecule has 1 N–H and O–H groups in total. The Morgan fingerprint density at radius 2 is 1.87 bits per heavy atom. The number of hydrogen-bond donors (Lipinski definition) is 1. The van der Waals surface area contributed by atoms with Gasteiger partial charge < -0.3 is 19.7 Å². The number of nitriles is 1. The summed E-state index contributed by atoms with van der Waals surface area (Å²) in [6.45, 7) is 5.36. The third-order valence-electron chi connectivity index (χ3n) is 7.13. The van der Waals surface area contributed by atoms with Crippen molar-refractivity contribution in [2.75, 3.05) is 38.2 Å². The maximum absolute atomic E-state index is 13.3. The van der Waals surface area contributed by atoms with Crippen LogP contribution in [0.1, 0.15) is 49.7 Å². The summed E-state index contributed by atoms with van der Waals surface area (Å²) in [5.74, 6) is 1.96. The molecule has 2 aliphatic rings. The topological polar surface area (TPSA) is 96.2 Å². The molecule has 0 spiro atoms. The number of benzene rings is 2. The summed E-state index contributed by atoms with van der Waals surface area (Å²) in [5.41, 5.74) is 3.35.